The van der Waals surface area contributed by atoms with Gasteiger partial charge in [0.15, 0.2) is 0 Å². The monoisotopic (exact) mass is 843 g/mol. The first-order valence-electron chi connectivity index (χ1n) is 23.4. The van der Waals surface area contributed by atoms with E-state index in [2.05, 4.69) is 257 Å². The molecule has 66 heavy (non-hydrogen) atoms. The van der Waals surface area contributed by atoms with E-state index in [4.69, 9.17) is 0 Å². The lowest BCUT2D eigenvalue weighted by molar-refractivity contribution is 0.694. The average molecular weight is 844 g/mol. The number of benzene rings is 9. The Morgan fingerprint density at radius 3 is 1.30 bits per heavy atom. The molecule has 314 valence electrons. The highest BCUT2D eigenvalue weighted by atomic mass is 15.1. The molecule has 0 N–H and O–H groups in total. The van der Waals surface area contributed by atoms with Crippen molar-refractivity contribution in [2.75, 3.05) is 4.90 Å². The van der Waals surface area contributed by atoms with Gasteiger partial charge < -0.3 is 4.90 Å². The van der Waals surface area contributed by atoms with Gasteiger partial charge >= 0.3 is 0 Å². The van der Waals surface area contributed by atoms with Crippen LogP contribution in [0.3, 0.4) is 0 Å². The second-order valence-corrected chi connectivity index (χ2v) is 19.6. The van der Waals surface area contributed by atoms with Gasteiger partial charge in [0.25, 0.3) is 0 Å². The smallest absolute Gasteiger partial charge is 0.0725 e. The SMILES string of the molecule is CC1(C)C2=C(c3ccccc31)C(C)(C)c1cc(-c3ccc4c(c3)C3(c5ccccc5-c5ccccc53)c3cc(C=Cc5ccc(N(c6ccccc6)c6ccccc6)cc5)ccc3-4)ccc12. The summed E-state index contributed by atoms with van der Waals surface area (Å²) in [4.78, 5) is 2.31. The van der Waals surface area contributed by atoms with Crippen LogP contribution in [0, 0.1) is 0 Å². The minimum absolute atomic E-state index is 0.0450. The molecule has 9 aromatic carbocycles. The van der Waals surface area contributed by atoms with Gasteiger partial charge in [-0.3, -0.25) is 0 Å². The van der Waals surface area contributed by atoms with Gasteiger partial charge in [-0.1, -0.05) is 198 Å². The molecule has 0 heterocycles. The number of nitrogens with zero attached hydrogens (tertiary/aromatic N) is 1. The number of para-hydroxylation sites is 2. The second kappa shape index (κ2) is 14.1. The zero-order valence-corrected chi connectivity index (χ0v) is 37.8. The molecule has 0 unspecified atom stereocenters. The van der Waals surface area contributed by atoms with E-state index < -0.39 is 5.41 Å². The molecule has 9 aromatic rings. The quantitative estimate of drug-likeness (QED) is 0.151. The fourth-order valence-electron chi connectivity index (χ4n) is 12.5. The van der Waals surface area contributed by atoms with Crippen LogP contribution in [0.25, 0.3) is 56.7 Å². The summed E-state index contributed by atoms with van der Waals surface area (Å²) in [6, 6.07) is 79.2. The predicted octanol–water partition coefficient (Wildman–Crippen LogP) is 16.8. The maximum Gasteiger partial charge on any atom is 0.0725 e. The molecule has 0 radical (unpaired) electrons. The third-order valence-corrected chi connectivity index (χ3v) is 15.4. The van der Waals surface area contributed by atoms with E-state index >= 15 is 0 Å². The van der Waals surface area contributed by atoms with E-state index in [1.165, 1.54) is 94.6 Å². The highest BCUT2D eigenvalue weighted by Gasteiger charge is 2.52. The molecule has 0 aliphatic heterocycles. The standard InChI is InChI=1S/C65H49N/c1-63(2)55-24-14-13-23-53(55)61-62(63)54-38-33-44(40-58(54)64(61,3)4)45-32-37-52-51-36-31-43(39-59(51)65(60(52)41-45)56-25-15-11-21-49(56)50-22-12-16-26-57(50)65)28-27-42-29-34-48(35-30-42)66(46-17-7-5-8-18-46)47-19-9-6-10-20-47/h5-41H,1-4H3. The fraction of sp³-hybridized carbons (Fsp3) is 0.108. The van der Waals surface area contributed by atoms with Crippen LogP contribution in [0.1, 0.15) is 83.3 Å². The normalized spacial score (nSPS) is 15.8. The maximum absolute atomic E-state index is 2.53. The number of hydrogen-bond acceptors (Lipinski definition) is 1. The largest absolute Gasteiger partial charge is 0.311 e. The first-order valence-corrected chi connectivity index (χ1v) is 23.4. The molecule has 4 aliphatic rings. The lowest BCUT2D eigenvalue weighted by Crippen LogP contribution is -2.26. The molecule has 1 nitrogen and oxygen atoms in total. The Kier molecular flexibility index (Phi) is 8.28. The minimum atomic E-state index is -0.454. The summed E-state index contributed by atoms with van der Waals surface area (Å²) in [5.41, 5.74) is 27.0. The molecule has 0 saturated carbocycles. The molecule has 0 saturated heterocycles. The van der Waals surface area contributed by atoms with Gasteiger partial charge in [-0.05, 0) is 155 Å². The van der Waals surface area contributed by atoms with Crippen molar-refractivity contribution in [3.05, 3.63) is 268 Å². The summed E-state index contributed by atoms with van der Waals surface area (Å²) in [7, 11) is 0. The lowest BCUT2D eigenvalue weighted by Gasteiger charge is -2.31. The van der Waals surface area contributed by atoms with Crippen molar-refractivity contribution < 1.29 is 0 Å². The van der Waals surface area contributed by atoms with Crippen molar-refractivity contribution in [3.63, 3.8) is 0 Å². The van der Waals surface area contributed by atoms with Crippen LogP contribution in [-0.2, 0) is 16.2 Å². The topological polar surface area (TPSA) is 3.24 Å². The number of fused-ring (bicyclic) bond motifs is 14. The van der Waals surface area contributed by atoms with Crippen LogP contribution in [0.5, 0.6) is 0 Å². The molecule has 0 bridgehead atoms. The van der Waals surface area contributed by atoms with E-state index in [1.54, 1.807) is 0 Å². The Balaban J connectivity index is 0.905. The van der Waals surface area contributed by atoms with Crippen LogP contribution < -0.4 is 4.90 Å². The molecule has 13 rings (SSSR count). The lowest BCUT2D eigenvalue weighted by atomic mass is 9.70. The van der Waals surface area contributed by atoms with Gasteiger partial charge in [-0.2, -0.15) is 0 Å². The summed E-state index contributed by atoms with van der Waals surface area (Å²) in [5.74, 6) is 0. The summed E-state index contributed by atoms with van der Waals surface area (Å²) < 4.78 is 0. The summed E-state index contributed by atoms with van der Waals surface area (Å²) in [6.45, 7) is 9.69. The first-order chi connectivity index (χ1) is 32.2. The minimum Gasteiger partial charge on any atom is -0.311 e. The van der Waals surface area contributed by atoms with Crippen molar-refractivity contribution in [2.45, 2.75) is 43.9 Å². The van der Waals surface area contributed by atoms with Gasteiger partial charge in [-0.15, -0.1) is 0 Å². The summed E-state index contributed by atoms with van der Waals surface area (Å²) in [5, 5.41) is 0. The molecule has 4 aliphatic carbocycles. The number of anilines is 3. The van der Waals surface area contributed by atoms with E-state index in [1.807, 2.05) is 0 Å². The molecular weight excluding hydrogens is 795 g/mol. The summed E-state index contributed by atoms with van der Waals surface area (Å²) >= 11 is 0. The van der Waals surface area contributed by atoms with E-state index in [0.717, 1.165) is 22.6 Å². The van der Waals surface area contributed by atoms with Crippen molar-refractivity contribution >= 4 is 40.4 Å². The van der Waals surface area contributed by atoms with Gasteiger partial charge in [-0.25, -0.2) is 0 Å². The highest BCUT2D eigenvalue weighted by Crippen LogP contribution is 2.65. The zero-order valence-electron chi connectivity index (χ0n) is 37.8. The molecule has 1 heteroatoms. The number of hydrogen-bond donors (Lipinski definition) is 0. The van der Waals surface area contributed by atoms with Crippen LogP contribution >= 0.6 is 0 Å². The van der Waals surface area contributed by atoms with Crippen molar-refractivity contribution in [1.29, 1.82) is 0 Å². The van der Waals surface area contributed by atoms with Crippen molar-refractivity contribution in [3.8, 4) is 33.4 Å². The van der Waals surface area contributed by atoms with Gasteiger partial charge in [0.05, 0.1) is 5.41 Å². The highest BCUT2D eigenvalue weighted by molar-refractivity contribution is 6.10. The maximum atomic E-state index is 2.53. The zero-order chi connectivity index (χ0) is 44.4. The Bertz CT molecular complexity index is 3420. The van der Waals surface area contributed by atoms with Gasteiger partial charge in [0, 0.05) is 27.9 Å². The van der Waals surface area contributed by atoms with Crippen LogP contribution in [0.15, 0.2) is 212 Å². The number of rotatable bonds is 6. The second-order valence-electron chi connectivity index (χ2n) is 19.6. The van der Waals surface area contributed by atoms with E-state index in [0.29, 0.717) is 0 Å². The average Bonchev–Trinajstić information content (AvgIpc) is 4.00. The van der Waals surface area contributed by atoms with Gasteiger partial charge in [0.2, 0.25) is 0 Å². The van der Waals surface area contributed by atoms with E-state index in [9.17, 15) is 0 Å². The molecule has 0 aromatic heterocycles. The number of allylic oxidation sites excluding steroid dienone is 2. The van der Waals surface area contributed by atoms with Crippen LogP contribution in [-0.4, -0.2) is 0 Å². The fourth-order valence-corrected chi connectivity index (χ4v) is 12.5. The third-order valence-electron chi connectivity index (χ3n) is 15.4. The van der Waals surface area contributed by atoms with Crippen LogP contribution in [0.4, 0.5) is 17.1 Å². The Labute approximate surface area is 388 Å². The first kappa shape index (κ1) is 38.7. The third kappa shape index (κ3) is 5.35. The van der Waals surface area contributed by atoms with Gasteiger partial charge in [0.1, 0.15) is 0 Å². The molecule has 1 spiro atoms. The Hall–Kier alpha value is -7.74. The molecule has 0 atom stereocenters. The molecule has 0 fully saturated rings. The molecular formula is C65H49N. The Morgan fingerprint density at radius 1 is 0.303 bits per heavy atom. The van der Waals surface area contributed by atoms with Crippen molar-refractivity contribution in [1.82, 2.24) is 0 Å². The summed E-state index contributed by atoms with van der Waals surface area (Å²) in [6.07, 6.45) is 4.54. The molecule has 0 amide bonds. The van der Waals surface area contributed by atoms with E-state index in [-0.39, 0.29) is 10.8 Å². The van der Waals surface area contributed by atoms with Crippen LogP contribution in [0.2, 0.25) is 0 Å². The van der Waals surface area contributed by atoms with Crippen molar-refractivity contribution in [2.24, 2.45) is 0 Å². The predicted molar refractivity (Wildman–Crippen MR) is 278 cm³/mol. The Morgan fingerprint density at radius 2 is 0.697 bits per heavy atom.